The van der Waals surface area contributed by atoms with Gasteiger partial charge in [0.2, 0.25) is 5.91 Å². The molecule has 110 valence electrons. The van der Waals surface area contributed by atoms with Gasteiger partial charge in [0.15, 0.2) is 0 Å². The minimum Gasteiger partial charge on any atom is -0.497 e. The van der Waals surface area contributed by atoms with Gasteiger partial charge < -0.3 is 15.8 Å². The Morgan fingerprint density at radius 1 is 1.24 bits per heavy atom. The molecule has 0 spiro atoms. The highest BCUT2D eigenvalue weighted by Gasteiger charge is 2.14. The third-order valence-electron chi connectivity index (χ3n) is 3.40. The van der Waals surface area contributed by atoms with Crippen molar-refractivity contribution >= 4 is 11.6 Å². The molecule has 0 aliphatic heterocycles. The predicted molar refractivity (Wildman–Crippen MR) is 84.1 cm³/mol. The van der Waals surface area contributed by atoms with Gasteiger partial charge in [-0.2, -0.15) is 0 Å². The molecule has 0 aliphatic carbocycles. The summed E-state index contributed by atoms with van der Waals surface area (Å²) in [6, 6.07) is 15.0. The molecule has 0 aromatic heterocycles. The lowest BCUT2D eigenvalue weighted by molar-refractivity contribution is -0.122. The van der Waals surface area contributed by atoms with Crippen LogP contribution in [0, 0.1) is 0 Å². The number of anilines is 1. The molecule has 3 N–H and O–H groups in total. The standard InChI is InChI=1S/C17H20N2O2/c1-12(14-6-4-7-15(18)10-14)17(20)19-11-13-5-3-8-16(9-13)21-2/h3-10,12H,11,18H2,1-2H3,(H,19,20). The summed E-state index contributed by atoms with van der Waals surface area (Å²) >= 11 is 0. The van der Waals surface area contributed by atoms with Crippen LogP contribution in [0.2, 0.25) is 0 Å². The number of amides is 1. The first-order chi connectivity index (χ1) is 10.1. The van der Waals surface area contributed by atoms with Crippen LogP contribution in [0.25, 0.3) is 0 Å². The maximum atomic E-state index is 12.2. The average molecular weight is 284 g/mol. The Morgan fingerprint density at radius 3 is 2.71 bits per heavy atom. The van der Waals surface area contributed by atoms with Crippen molar-refractivity contribution in [3.05, 3.63) is 59.7 Å². The Labute approximate surface area is 124 Å². The summed E-state index contributed by atoms with van der Waals surface area (Å²) in [5, 5.41) is 2.93. The SMILES string of the molecule is COc1cccc(CNC(=O)C(C)c2cccc(N)c2)c1. The Morgan fingerprint density at radius 2 is 2.00 bits per heavy atom. The molecule has 1 unspecified atom stereocenters. The molecule has 2 aromatic rings. The van der Waals surface area contributed by atoms with E-state index in [4.69, 9.17) is 10.5 Å². The van der Waals surface area contributed by atoms with Crippen LogP contribution in [0.5, 0.6) is 5.75 Å². The first-order valence-electron chi connectivity index (χ1n) is 6.86. The van der Waals surface area contributed by atoms with Gasteiger partial charge in [-0.25, -0.2) is 0 Å². The Bertz CT molecular complexity index is 626. The molecule has 4 heteroatoms. The molecule has 1 amide bonds. The van der Waals surface area contributed by atoms with Gasteiger partial charge in [0.05, 0.1) is 13.0 Å². The first kappa shape index (κ1) is 14.9. The van der Waals surface area contributed by atoms with Gasteiger partial charge in [-0.1, -0.05) is 24.3 Å². The van der Waals surface area contributed by atoms with E-state index in [1.807, 2.05) is 55.5 Å². The topological polar surface area (TPSA) is 64.3 Å². The fourth-order valence-electron chi connectivity index (χ4n) is 2.10. The monoisotopic (exact) mass is 284 g/mol. The quantitative estimate of drug-likeness (QED) is 0.830. The Kier molecular flexibility index (Phi) is 4.82. The van der Waals surface area contributed by atoms with Crippen LogP contribution in [0.15, 0.2) is 48.5 Å². The van der Waals surface area contributed by atoms with Gasteiger partial charge in [0, 0.05) is 12.2 Å². The van der Waals surface area contributed by atoms with Crippen molar-refractivity contribution in [2.75, 3.05) is 12.8 Å². The third kappa shape index (κ3) is 3.99. The van der Waals surface area contributed by atoms with E-state index >= 15 is 0 Å². The van der Waals surface area contributed by atoms with E-state index in [-0.39, 0.29) is 11.8 Å². The zero-order valence-corrected chi connectivity index (χ0v) is 12.3. The molecule has 4 nitrogen and oxygen atoms in total. The van der Waals surface area contributed by atoms with Crippen LogP contribution in [0.1, 0.15) is 24.0 Å². The number of nitrogen functional groups attached to an aromatic ring is 1. The number of methoxy groups -OCH3 is 1. The lowest BCUT2D eigenvalue weighted by Gasteiger charge is -2.13. The van der Waals surface area contributed by atoms with Crippen LogP contribution in [-0.4, -0.2) is 13.0 Å². The van der Waals surface area contributed by atoms with Gasteiger partial charge in [-0.05, 0) is 42.3 Å². The average Bonchev–Trinajstić information content (AvgIpc) is 2.52. The first-order valence-corrected chi connectivity index (χ1v) is 6.86. The number of hydrogen-bond acceptors (Lipinski definition) is 3. The second-order valence-corrected chi connectivity index (χ2v) is 4.96. The number of nitrogens with two attached hydrogens (primary N) is 1. The van der Waals surface area contributed by atoms with Crippen LogP contribution in [0.4, 0.5) is 5.69 Å². The number of hydrogen-bond donors (Lipinski definition) is 2. The van der Waals surface area contributed by atoms with E-state index in [1.165, 1.54) is 0 Å². The molecule has 0 radical (unpaired) electrons. The fourth-order valence-corrected chi connectivity index (χ4v) is 2.10. The maximum Gasteiger partial charge on any atom is 0.227 e. The molecule has 2 rings (SSSR count). The highest BCUT2D eigenvalue weighted by atomic mass is 16.5. The number of carbonyl (C=O) groups excluding carboxylic acids is 1. The molecular weight excluding hydrogens is 264 g/mol. The summed E-state index contributed by atoms with van der Waals surface area (Å²) in [5.74, 6) is 0.521. The number of carbonyl (C=O) groups is 1. The summed E-state index contributed by atoms with van der Waals surface area (Å²) < 4.78 is 5.17. The maximum absolute atomic E-state index is 12.2. The van der Waals surface area contributed by atoms with Crippen molar-refractivity contribution in [2.24, 2.45) is 0 Å². The van der Waals surface area contributed by atoms with Crippen molar-refractivity contribution < 1.29 is 9.53 Å². The summed E-state index contributed by atoms with van der Waals surface area (Å²) in [7, 11) is 1.62. The molecule has 0 bridgehead atoms. The number of rotatable bonds is 5. The lowest BCUT2D eigenvalue weighted by atomic mass is 10.00. The van der Waals surface area contributed by atoms with Gasteiger partial charge >= 0.3 is 0 Å². The van der Waals surface area contributed by atoms with Crippen LogP contribution >= 0.6 is 0 Å². The van der Waals surface area contributed by atoms with Crippen molar-refractivity contribution in [3.63, 3.8) is 0 Å². The molecule has 0 saturated carbocycles. The zero-order chi connectivity index (χ0) is 15.2. The smallest absolute Gasteiger partial charge is 0.227 e. The van der Waals surface area contributed by atoms with Gasteiger partial charge in [-0.3, -0.25) is 4.79 Å². The lowest BCUT2D eigenvalue weighted by Crippen LogP contribution is -2.27. The summed E-state index contributed by atoms with van der Waals surface area (Å²) in [6.45, 7) is 2.35. The summed E-state index contributed by atoms with van der Waals surface area (Å²) in [5.41, 5.74) is 8.33. The number of nitrogens with one attached hydrogen (secondary N) is 1. The van der Waals surface area contributed by atoms with Gasteiger partial charge in [-0.15, -0.1) is 0 Å². The van der Waals surface area contributed by atoms with Gasteiger partial charge in [0.25, 0.3) is 0 Å². The largest absolute Gasteiger partial charge is 0.497 e. The Balaban J connectivity index is 1.97. The van der Waals surface area contributed by atoms with E-state index < -0.39 is 0 Å². The molecule has 0 fully saturated rings. The van der Waals surface area contributed by atoms with Crippen molar-refractivity contribution in [3.8, 4) is 5.75 Å². The fraction of sp³-hybridized carbons (Fsp3) is 0.235. The molecule has 0 aliphatic rings. The molecule has 0 saturated heterocycles. The summed E-state index contributed by atoms with van der Waals surface area (Å²) in [6.07, 6.45) is 0. The second-order valence-electron chi connectivity index (χ2n) is 4.96. The van der Waals surface area contributed by atoms with Crippen molar-refractivity contribution in [2.45, 2.75) is 19.4 Å². The molecule has 1 atom stereocenters. The number of benzene rings is 2. The van der Waals surface area contributed by atoms with Crippen LogP contribution in [-0.2, 0) is 11.3 Å². The highest BCUT2D eigenvalue weighted by Crippen LogP contribution is 2.18. The van der Waals surface area contributed by atoms with E-state index in [2.05, 4.69) is 5.32 Å². The molecular formula is C17H20N2O2. The van der Waals surface area contributed by atoms with Crippen LogP contribution in [0.3, 0.4) is 0 Å². The van der Waals surface area contributed by atoms with Crippen molar-refractivity contribution in [1.29, 1.82) is 0 Å². The highest BCUT2D eigenvalue weighted by molar-refractivity contribution is 5.83. The Hall–Kier alpha value is -2.49. The van der Waals surface area contributed by atoms with Crippen molar-refractivity contribution in [1.82, 2.24) is 5.32 Å². The van der Waals surface area contributed by atoms with E-state index in [0.717, 1.165) is 16.9 Å². The molecule has 21 heavy (non-hydrogen) atoms. The molecule has 2 aromatic carbocycles. The molecule has 0 heterocycles. The minimum atomic E-state index is -0.237. The van der Waals surface area contributed by atoms with Gasteiger partial charge in [0.1, 0.15) is 5.75 Å². The van der Waals surface area contributed by atoms with Crippen LogP contribution < -0.4 is 15.8 Å². The summed E-state index contributed by atoms with van der Waals surface area (Å²) in [4.78, 5) is 12.2. The number of ether oxygens (including phenoxy) is 1. The zero-order valence-electron chi connectivity index (χ0n) is 12.3. The second kappa shape index (κ2) is 6.79. The minimum absolute atomic E-state index is 0.0246. The third-order valence-corrected chi connectivity index (χ3v) is 3.40. The van der Waals surface area contributed by atoms with E-state index in [1.54, 1.807) is 7.11 Å². The predicted octanol–water partition coefficient (Wildman–Crippen LogP) is 2.70. The van der Waals surface area contributed by atoms with E-state index in [9.17, 15) is 4.79 Å². The normalized spacial score (nSPS) is 11.7. The van der Waals surface area contributed by atoms with E-state index in [0.29, 0.717) is 12.2 Å².